The van der Waals surface area contributed by atoms with E-state index in [1.807, 2.05) is 42.5 Å². The minimum atomic E-state index is -1.09. The molecule has 0 atom stereocenters. The molecule has 0 saturated carbocycles. The molecule has 2 aromatic carbocycles. The fraction of sp³-hybridized carbons (Fsp3) is 0.0588. The van der Waals surface area contributed by atoms with Gasteiger partial charge in [0.1, 0.15) is 5.69 Å². The number of aromatic carboxylic acids is 1. The number of fused-ring (bicyclic) bond motifs is 1. The highest BCUT2D eigenvalue weighted by molar-refractivity contribution is 6.08. The van der Waals surface area contributed by atoms with Crippen LogP contribution in [0.25, 0.3) is 10.9 Å². The van der Waals surface area contributed by atoms with Crippen molar-refractivity contribution in [1.29, 1.82) is 0 Å². The Labute approximate surface area is 121 Å². The Morgan fingerprint density at radius 3 is 2.38 bits per heavy atom. The van der Waals surface area contributed by atoms with Crippen LogP contribution in [-0.4, -0.2) is 21.9 Å². The SMILES string of the molecule is O=Cc1c(C(=O)O)n(Cc2ccccc2)c2ccccc12. The largest absolute Gasteiger partial charge is 0.477 e. The molecule has 0 aliphatic heterocycles. The third-order valence-corrected chi connectivity index (χ3v) is 3.51. The first-order chi connectivity index (χ1) is 10.2. The monoisotopic (exact) mass is 279 g/mol. The van der Waals surface area contributed by atoms with E-state index in [1.54, 1.807) is 16.7 Å². The summed E-state index contributed by atoms with van der Waals surface area (Å²) in [7, 11) is 0. The zero-order valence-corrected chi connectivity index (χ0v) is 11.2. The Bertz CT molecular complexity index is 819. The van der Waals surface area contributed by atoms with Gasteiger partial charge in [-0.05, 0) is 11.6 Å². The van der Waals surface area contributed by atoms with Crippen molar-refractivity contribution < 1.29 is 14.7 Å². The Kier molecular flexibility index (Phi) is 3.28. The van der Waals surface area contributed by atoms with Gasteiger partial charge in [-0.2, -0.15) is 0 Å². The van der Waals surface area contributed by atoms with Crippen LogP contribution in [-0.2, 0) is 6.54 Å². The number of hydrogen-bond donors (Lipinski definition) is 1. The third kappa shape index (κ3) is 2.21. The first-order valence-electron chi connectivity index (χ1n) is 6.56. The molecule has 4 heteroatoms. The Morgan fingerprint density at radius 2 is 1.71 bits per heavy atom. The van der Waals surface area contributed by atoms with E-state index in [0.717, 1.165) is 11.1 Å². The van der Waals surface area contributed by atoms with E-state index in [4.69, 9.17) is 0 Å². The van der Waals surface area contributed by atoms with Gasteiger partial charge in [-0.1, -0.05) is 48.5 Å². The average molecular weight is 279 g/mol. The lowest BCUT2D eigenvalue weighted by Crippen LogP contribution is -2.11. The molecule has 0 amide bonds. The van der Waals surface area contributed by atoms with Crippen molar-refractivity contribution in [3.63, 3.8) is 0 Å². The number of benzene rings is 2. The maximum atomic E-state index is 11.6. The van der Waals surface area contributed by atoms with E-state index in [0.29, 0.717) is 18.2 Å². The van der Waals surface area contributed by atoms with E-state index in [2.05, 4.69) is 0 Å². The van der Waals surface area contributed by atoms with Crippen molar-refractivity contribution in [3.8, 4) is 0 Å². The molecule has 3 aromatic rings. The van der Waals surface area contributed by atoms with E-state index in [1.165, 1.54) is 0 Å². The number of aldehydes is 1. The second-order valence-corrected chi connectivity index (χ2v) is 4.77. The van der Waals surface area contributed by atoms with Crippen molar-refractivity contribution in [2.24, 2.45) is 0 Å². The number of carboxylic acid groups (broad SMARTS) is 1. The highest BCUT2D eigenvalue weighted by atomic mass is 16.4. The third-order valence-electron chi connectivity index (χ3n) is 3.51. The highest BCUT2D eigenvalue weighted by Crippen LogP contribution is 2.26. The van der Waals surface area contributed by atoms with Gasteiger partial charge in [0.25, 0.3) is 0 Å². The summed E-state index contributed by atoms with van der Waals surface area (Å²) in [6, 6.07) is 16.8. The van der Waals surface area contributed by atoms with Gasteiger partial charge in [0.05, 0.1) is 5.56 Å². The second kappa shape index (κ2) is 5.25. The summed E-state index contributed by atoms with van der Waals surface area (Å²) in [5, 5.41) is 10.1. The van der Waals surface area contributed by atoms with Gasteiger partial charge in [-0.3, -0.25) is 4.79 Å². The van der Waals surface area contributed by atoms with E-state index in [-0.39, 0.29) is 11.3 Å². The van der Waals surface area contributed by atoms with Crippen molar-refractivity contribution in [2.75, 3.05) is 0 Å². The van der Waals surface area contributed by atoms with Crippen LogP contribution >= 0.6 is 0 Å². The zero-order valence-electron chi connectivity index (χ0n) is 11.2. The number of carbonyl (C=O) groups excluding carboxylic acids is 1. The van der Waals surface area contributed by atoms with Crippen molar-refractivity contribution in [2.45, 2.75) is 6.54 Å². The number of carbonyl (C=O) groups is 2. The Balaban J connectivity index is 2.27. The number of nitrogens with zero attached hydrogens (tertiary/aromatic N) is 1. The Morgan fingerprint density at radius 1 is 1.05 bits per heavy atom. The van der Waals surface area contributed by atoms with Crippen molar-refractivity contribution in [3.05, 3.63) is 71.4 Å². The number of rotatable bonds is 4. The molecule has 0 saturated heterocycles. The molecule has 1 N–H and O–H groups in total. The fourth-order valence-corrected chi connectivity index (χ4v) is 2.61. The number of aromatic nitrogens is 1. The van der Waals surface area contributed by atoms with E-state index in [9.17, 15) is 14.7 Å². The van der Waals surface area contributed by atoms with Gasteiger partial charge in [0.2, 0.25) is 0 Å². The average Bonchev–Trinajstić information content (AvgIpc) is 2.82. The van der Waals surface area contributed by atoms with Gasteiger partial charge in [0, 0.05) is 17.4 Å². The maximum Gasteiger partial charge on any atom is 0.353 e. The highest BCUT2D eigenvalue weighted by Gasteiger charge is 2.21. The molecule has 0 aliphatic carbocycles. The van der Waals surface area contributed by atoms with Crippen LogP contribution in [0.3, 0.4) is 0 Å². The molecule has 1 heterocycles. The number of para-hydroxylation sites is 1. The quantitative estimate of drug-likeness (QED) is 0.746. The van der Waals surface area contributed by atoms with E-state index >= 15 is 0 Å². The lowest BCUT2D eigenvalue weighted by molar-refractivity contribution is 0.0683. The van der Waals surface area contributed by atoms with Gasteiger partial charge in [0.15, 0.2) is 6.29 Å². The molecule has 0 radical (unpaired) electrons. The van der Waals surface area contributed by atoms with Crippen LogP contribution in [0.15, 0.2) is 54.6 Å². The van der Waals surface area contributed by atoms with Crippen LogP contribution in [0.5, 0.6) is 0 Å². The molecule has 0 fully saturated rings. The van der Waals surface area contributed by atoms with Gasteiger partial charge in [-0.25, -0.2) is 4.79 Å². The number of hydrogen-bond acceptors (Lipinski definition) is 2. The number of carboxylic acids is 1. The van der Waals surface area contributed by atoms with Crippen LogP contribution in [0, 0.1) is 0 Å². The summed E-state index contributed by atoms with van der Waals surface area (Å²) in [6.07, 6.45) is 0.618. The van der Waals surface area contributed by atoms with Gasteiger partial charge in [-0.15, -0.1) is 0 Å². The predicted octanol–water partition coefficient (Wildman–Crippen LogP) is 3.20. The molecule has 0 unspecified atom stereocenters. The second-order valence-electron chi connectivity index (χ2n) is 4.77. The molecular formula is C17H13NO3. The van der Waals surface area contributed by atoms with Crippen LogP contribution < -0.4 is 0 Å². The minimum Gasteiger partial charge on any atom is -0.477 e. The van der Waals surface area contributed by atoms with E-state index < -0.39 is 5.97 Å². The lowest BCUT2D eigenvalue weighted by atomic mass is 10.1. The molecule has 0 aliphatic rings. The van der Waals surface area contributed by atoms with Crippen LogP contribution in [0.4, 0.5) is 0 Å². The summed E-state index contributed by atoms with van der Waals surface area (Å²) in [5.74, 6) is -1.09. The van der Waals surface area contributed by atoms with Crippen LogP contribution in [0.1, 0.15) is 26.4 Å². The maximum absolute atomic E-state index is 11.6. The van der Waals surface area contributed by atoms with Crippen molar-refractivity contribution >= 4 is 23.2 Å². The van der Waals surface area contributed by atoms with Crippen molar-refractivity contribution in [1.82, 2.24) is 4.57 Å². The van der Waals surface area contributed by atoms with Gasteiger partial charge >= 0.3 is 5.97 Å². The first kappa shape index (κ1) is 13.1. The molecule has 0 spiro atoms. The lowest BCUT2D eigenvalue weighted by Gasteiger charge is -2.08. The summed E-state index contributed by atoms with van der Waals surface area (Å²) < 4.78 is 1.68. The molecule has 21 heavy (non-hydrogen) atoms. The summed E-state index contributed by atoms with van der Waals surface area (Å²) >= 11 is 0. The molecule has 0 bridgehead atoms. The zero-order chi connectivity index (χ0) is 14.8. The summed E-state index contributed by atoms with van der Waals surface area (Å²) in [4.78, 5) is 22.9. The minimum absolute atomic E-state index is 0.0371. The molecule has 4 nitrogen and oxygen atoms in total. The van der Waals surface area contributed by atoms with Gasteiger partial charge < -0.3 is 9.67 Å². The smallest absolute Gasteiger partial charge is 0.353 e. The molecule has 104 valence electrons. The predicted molar refractivity (Wildman–Crippen MR) is 79.8 cm³/mol. The standard InChI is InChI=1S/C17H13NO3/c19-11-14-13-8-4-5-9-15(13)18(16(14)17(20)21)10-12-6-2-1-3-7-12/h1-9,11H,10H2,(H,20,21). The molecule has 3 rings (SSSR count). The molecular weight excluding hydrogens is 266 g/mol. The normalized spacial score (nSPS) is 10.7. The first-order valence-corrected chi connectivity index (χ1v) is 6.56. The Hall–Kier alpha value is -2.88. The summed E-state index contributed by atoms with van der Waals surface area (Å²) in [6.45, 7) is 0.414. The fourth-order valence-electron chi connectivity index (χ4n) is 2.61. The van der Waals surface area contributed by atoms with Crippen LogP contribution in [0.2, 0.25) is 0 Å². The molecule has 1 aromatic heterocycles. The topological polar surface area (TPSA) is 59.3 Å². The summed E-state index contributed by atoms with van der Waals surface area (Å²) in [5.41, 5.74) is 2.00.